The summed E-state index contributed by atoms with van der Waals surface area (Å²) in [4.78, 5) is 10.1. The van der Waals surface area contributed by atoms with Crippen molar-refractivity contribution in [1.82, 2.24) is 5.16 Å². The van der Waals surface area contributed by atoms with Gasteiger partial charge in [0.2, 0.25) is 5.88 Å². The predicted octanol–water partition coefficient (Wildman–Crippen LogP) is 2.39. The molecule has 0 saturated heterocycles. The number of aromatic nitrogens is 1. The van der Waals surface area contributed by atoms with E-state index in [0.717, 1.165) is 11.1 Å². The van der Waals surface area contributed by atoms with E-state index in [2.05, 4.69) is 5.16 Å². The molecule has 0 amide bonds. The zero-order valence-corrected chi connectivity index (χ0v) is 9.21. The fraction of sp³-hybridized carbons (Fsp3) is 0.182. The predicted molar refractivity (Wildman–Crippen MR) is 62.4 cm³/mol. The van der Waals surface area contributed by atoms with Gasteiger partial charge in [0, 0.05) is 23.3 Å². The van der Waals surface area contributed by atoms with Crippen molar-refractivity contribution in [1.29, 1.82) is 0 Å². The topological polar surface area (TPSA) is 95.2 Å². The van der Waals surface area contributed by atoms with E-state index < -0.39 is 4.92 Å². The van der Waals surface area contributed by atoms with Crippen LogP contribution in [0.1, 0.15) is 12.5 Å². The van der Waals surface area contributed by atoms with Gasteiger partial charge in [-0.25, -0.2) is 0 Å². The van der Waals surface area contributed by atoms with Crippen LogP contribution in [-0.4, -0.2) is 10.1 Å². The first kappa shape index (κ1) is 11.1. The Bertz CT molecular complexity index is 546. The van der Waals surface area contributed by atoms with Crippen LogP contribution in [0.4, 0.5) is 11.6 Å². The molecule has 0 atom stereocenters. The molecule has 6 nitrogen and oxygen atoms in total. The van der Waals surface area contributed by atoms with E-state index in [1.807, 2.05) is 6.92 Å². The Kier molecular flexibility index (Phi) is 2.78. The Morgan fingerprint density at radius 1 is 1.41 bits per heavy atom. The fourth-order valence-corrected chi connectivity index (χ4v) is 1.63. The van der Waals surface area contributed by atoms with Gasteiger partial charge in [0.15, 0.2) is 0 Å². The van der Waals surface area contributed by atoms with Crippen LogP contribution in [0.5, 0.6) is 0 Å². The highest BCUT2D eigenvalue weighted by Crippen LogP contribution is 2.28. The minimum Gasteiger partial charge on any atom is -0.367 e. The first-order valence-electron chi connectivity index (χ1n) is 5.12. The van der Waals surface area contributed by atoms with E-state index in [4.69, 9.17) is 10.3 Å². The summed E-state index contributed by atoms with van der Waals surface area (Å²) < 4.78 is 4.91. The summed E-state index contributed by atoms with van der Waals surface area (Å²) in [5.41, 5.74) is 7.89. The SMILES string of the molecule is CCc1c(-c2ccc([N+](=O)[O-])cc2)noc1N. The molecule has 1 aromatic carbocycles. The molecule has 88 valence electrons. The molecule has 0 spiro atoms. The number of non-ortho nitro benzene ring substituents is 1. The maximum atomic E-state index is 10.5. The molecule has 0 saturated carbocycles. The number of nitro groups is 1. The van der Waals surface area contributed by atoms with Crippen LogP contribution in [0, 0.1) is 10.1 Å². The maximum absolute atomic E-state index is 10.5. The maximum Gasteiger partial charge on any atom is 0.269 e. The first-order valence-corrected chi connectivity index (χ1v) is 5.12. The molecule has 6 heteroatoms. The van der Waals surface area contributed by atoms with Crippen LogP contribution in [0.25, 0.3) is 11.3 Å². The van der Waals surface area contributed by atoms with E-state index in [-0.39, 0.29) is 5.69 Å². The minimum absolute atomic E-state index is 0.0447. The van der Waals surface area contributed by atoms with Crippen LogP contribution in [0.3, 0.4) is 0 Å². The minimum atomic E-state index is -0.443. The van der Waals surface area contributed by atoms with Gasteiger partial charge >= 0.3 is 0 Å². The normalized spacial score (nSPS) is 10.4. The van der Waals surface area contributed by atoms with Crippen molar-refractivity contribution in [2.24, 2.45) is 0 Å². The van der Waals surface area contributed by atoms with Gasteiger partial charge in [-0.05, 0) is 18.6 Å². The number of hydrogen-bond donors (Lipinski definition) is 1. The summed E-state index contributed by atoms with van der Waals surface area (Å²) in [6.45, 7) is 1.94. The number of anilines is 1. The zero-order chi connectivity index (χ0) is 12.4. The molecule has 2 aromatic rings. The Balaban J connectivity index is 2.43. The van der Waals surface area contributed by atoms with E-state index in [1.165, 1.54) is 12.1 Å². The third-order valence-electron chi connectivity index (χ3n) is 2.52. The van der Waals surface area contributed by atoms with Crippen molar-refractivity contribution in [3.05, 3.63) is 39.9 Å². The first-order chi connectivity index (χ1) is 8.13. The van der Waals surface area contributed by atoms with E-state index in [1.54, 1.807) is 12.1 Å². The van der Waals surface area contributed by atoms with Crippen LogP contribution in [0.15, 0.2) is 28.8 Å². The molecule has 17 heavy (non-hydrogen) atoms. The number of nitrogens with two attached hydrogens (primary N) is 1. The van der Waals surface area contributed by atoms with Gasteiger partial charge < -0.3 is 10.3 Å². The van der Waals surface area contributed by atoms with E-state index in [9.17, 15) is 10.1 Å². The molecule has 0 fully saturated rings. The summed E-state index contributed by atoms with van der Waals surface area (Å²) in [7, 11) is 0. The molecule has 0 bridgehead atoms. The average Bonchev–Trinajstić information content (AvgIpc) is 2.70. The third-order valence-corrected chi connectivity index (χ3v) is 2.52. The Morgan fingerprint density at radius 3 is 2.59 bits per heavy atom. The van der Waals surface area contributed by atoms with Crippen LogP contribution >= 0.6 is 0 Å². The number of nitrogens with zero attached hydrogens (tertiary/aromatic N) is 2. The molecule has 0 aliphatic heterocycles. The second-order valence-electron chi connectivity index (χ2n) is 3.53. The van der Waals surface area contributed by atoms with Crippen molar-refractivity contribution >= 4 is 11.6 Å². The number of benzene rings is 1. The van der Waals surface area contributed by atoms with Gasteiger partial charge in [-0.3, -0.25) is 10.1 Å². The summed E-state index contributed by atoms with van der Waals surface area (Å²) in [5.74, 6) is 0.292. The molecular weight excluding hydrogens is 222 g/mol. The summed E-state index contributed by atoms with van der Waals surface area (Å²) in [6, 6.07) is 6.13. The van der Waals surface area contributed by atoms with Crippen molar-refractivity contribution in [3.8, 4) is 11.3 Å². The number of rotatable bonds is 3. The van der Waals surface area contributed by atoms with Gasteiger partial charge in [-0.15, -0.1) is 0 Å². The summed E-state index contributed by atoms with van der Waals surface area (Å²) >= 11 is 0. The van der Waals surface area contributed by atoms with Crippen molar-refractivity contribution in [2.45, 2.75) is 13.3 Å². The van der Waals surface area contributed by atoms with Gasteiger partial charge in [0.25, 0.3) is 5.69 Å². The fourth-order valence-electron chi connectivity index (χ4n) is 1.63. The van der Waals surface area contributed by atoms with Crippen LogP contribution in [0.2, 0.25) is 0 Å². The molecule has 0 radical (unpaired) electrons. The molecule has 2 rings (SSSR count). The highest BCUT2D eigenvalue weighted by Gasteiger charge is 2.14. The lowest BCUT2D eigenvalue weighted by molar-refractivity contribution is -0.384. The number of hydrogen-bond acceptors (Lipinski definition) is 5. The van der Waals surface area contributed by atoms with Crippen LogP contribution < -0.4 is 5.73 Å². The molecular formula is C11H11N3O3. The summed E-state index contributed by atoms with van der Waals surface area (Å²) in [5, 5.41) is 14.4. The van der Waals surface area contributed by atoms with Gasteiger partial charge in [0.05, 0.1) is 4.92 Å². The van der Waals surface area contributed by atoms with Gasteiger partial charge in [-0.1, -0.05) is 12.1 Å². The molecule has 1 heterocycles. The van der Waals surface area contributed by atoms with Crippen molar-refractivity contribution in [3.63, 3.8) is 0 Å². The highest BCUT2D eigenvalue weighted by atomic mass is 16.6. The average molecular weight is 233 g/mol. The second-order valence-corrected chi connectivity index (χ2v) is 3.53. The van der Waals surface area contributed by atoms with E-state index >= 15 is 0 Å². The smallest absolute Gasteiger partial charge is 0.269 e. The van der Waals surface area contributed by atoms with Crippen molar-refractivity contribution < 1.29 is 9.45 Å². The molecule has 2 N–H and O–H groups in total. The highest BCUT2D eigenvalue weighted by molar-refractivity contribution is 5.67. The molecule has 0 aliphatic carbocycles. The van der Waals surface area contributed by atoms with Crippen LogP contribution in [-0.2, 0) is 6.42 Å². The molecule has 0 aliphatic rings. The Hall–Kier alpha value is -2.37. The number of nitrogen functional groups attached to an aromatic ring is 1. The molecule has 0 unspecified atom stereocenters. The monoisotopic (exact) mass is 233 g/mol. The van der Waals surface area contributed by atoms with Gasteiger partial charge in [0.1, 0.15) is 5.69 Å². The Labute approximate surface area is 97.2 Å². The lowest BCUT2D eigenvalue weighted by Gasteiger charge is -1.98. The largest absolute Gasteiger partial charge is 0.367 e. The molecule has 1 aromatic heterocycles. The number of nitro benzene ring substituents is 1. The standard InChI is InChI=1S/C11H11N3O3/c1-2-9-10(13-17-11(9)12)7-3-5-8(6-4-7)14(15)16/h3-6H,2,12H2,1H3. The lowest BCUT2D eigenvalue weighted by Crippen LogP contribution is -1.91. The van der Waals surface area contributed by atoms with E-state index in [0.29, 0.717) is 18.0 Å². The Morgan fingerprint density at radius 2 is 2.06 bits per heavy atom. The third kappa shape index (κ3) is 1.96. The lowest BCUT2D eigenvalue weighted by atomic mass is 10.1. The van der Waals surface area contributed by atoms with Crippen molar-refractivity contribution in [2.75, 3.05) is 5.73 Å². The summed E-state index contributed by atoms with van der Waals surface area (Å²) in [6.07, 6.45) is 0.696. The second kappa shape index (κ2) is 4.25. The quantitative estimate of drug-likeness (QED) is 0.648. The van der Waals surface area contributed by atoms with Gasteiger partial charge in [-0.2, -0.15) is 0 Å². The zero-order valence-electron chi connectivity index (χ0n) is 9.21.